The van der Waals surface area contributed by atoms with E-state index >= 15 is 0 Å². The molecule has 2 heterocycles. The first-order valence-corrected chi connectivity index (χ1v) is 12.3. The number of hydrogen-bond acceptors (Lipinski definition) is 4. The molecule has 0 N–H and O–H groups in total. The molecular weight excluding hydrogens is 455 g/mol. The Morgan fingerprint density at radius 2 is 1.72 bits per heavy atom. The fraction of sp³-hybridized carbons (Fsp3) is 0.300. The third-order valence-corrected chi connectivity index (χ3v) is 6.78. The number of rotatable bonds is 9. The van der Waals surface area contributed by atoms with Gasteiger partial charge < -0.3 is 18.8 Å². The number of benzene rings is 3. The predicted octanol–water partition coefficient (Wildman–Crippen LogP) is 6.13. The summed E-state index contributed by atoms with van der Waals surface area (Å²) in [5.74, 6) is -1.29. The Bertz CT molecular complexity index is 1240. The van der Waals surface area contributed by atoms with E-state index in [-0.39, 0.29) is 17.8 Å². The number of ether oxygens (including phenoxy) is 3. The zero-order chi connectivity index (χ0) is 25.0. The highest BCUT2D eigenvalue weighted by molar-refractivity contribution is 5.63. The molecule has 5 rings (SSSR count). The number of aromatic nitrogens is 2. The maximum atomic E-state index is 13.5. The lowest BCUT2D eigenvalue weighted by Crippen LogP contribution is -2.41. The van der Waals surface area contributed by atoms with Crippen LogP contribution < -0.4 is 0 Å². The molecule has 3 unspecified atom stereocenters. The molecule has 186 valence electrons. The number of halogens is 1. The van der Waals surface area contributed by atoms with Gasteiger partial charge in [-0.05, 0) is 41.3 Å². The minimum absolute atomic E-state index is 0.125. The third-order valence-electron chi connectivity index (χ3n) is 6.78. The van der Waals surface area contributed by atoms with Gasteiger partial charge in [-0.1, -0.05) is 73.2 Å². The molecule has 0 radical (unpaired) electrons. The summed E-state index contributed by atoms with van der Waals surface area (Å²) in [5.41, 5.74) is 5.70. The number of nitrogens with zero attached hydrogens (tertiary/aromatic N) is 2. The topological polar surface area (TPSA) is 45.5 Å². The first kappa shape index (κ1) is 24.4. The standard InChI is InChI=1S/C30H31FN2O3/c1-22-3-7-26(8-4-22)27-9-5-24(6-10-27)17-34-18-29-19-35-30(36-29,20-33-16-15-32-21-33)23(2)25-11-13-28(31)14-12-25/h3-16,21,23,29H,17-20H2,1-2H3. The summed E-state index contributed by atoms with van der Waals surface area (Å²) in [6.45, 7) is 5.95. The fourth-order valence-electron chi connectivity index (χ4n) is 4.60. The molecule has 0 spiro atoms. The van der Waals surface area contributed by atoms with Crippen molar-refractivity contribution in [2.75, 3.05) is 13.2 Å². The Kier molecular flexibility index (Phi) is 7.28. The van der Waals surface area contributed by atoms with E-state index in [1.54, 1.807) is 24.7 Å². The highest BCUT2D eigenvalue weighted by Gasteiger charge is 2.47. The summed E-state index contributed by atoms with van der Waals surface area (Å²) < 4.78 is 34.3. The molecule has 0 amide bonds. The van der Waals surface area contributed by atoms with Crippen LogP contribution in [-0.4, -0.2) is 34.7 Å². The maximum Gasteiger partial charge on any atom is 0.193 e. The summed E-state index contributed by atoms with van der Waals surface area (Å²) >= 11 is 0. The van der Waals surface area contributed by atoms with Gasteiger partial charge in [-0.2, -0.15) is 0 Å². The van der Waals surface area contributed by atoms with Gasteiger partial charge in [-0.25, -0.2) is 9.37 Å². The number of aryl methyl sites for hydroxylation is 1. The molecule has 1 aliphatic heterocycles. The summed E-state index contributed by atoms with van der Waals surface area (Å²) in [5, 5.41) is 0. The molecule has 0 bridgehead atoms. The Labute approximate surface area is 211 Å². The smallest absolute Gasteiger partial charge is 0.193 e. The van der Waals surface area contributed by atoms with Gasteiger partial charge in [0.1, 0.15) is 11.9 Å². The highest BCUT2D eigenvalue weighted by atomic mass is 19.1. The number of imidazole rings is 1. The largest absolute Gasteiger partial charge is 0.374 e. The van der Waals surface area contributed by atoms with Crippen LogP contribution in [0.2, 0.25) is 0 Å². The molecule has 5 nitrogen and oxygen atoms in total. The van der Waals surface area contributed by atoms with Crippen molar-refractivity contribution < 1.29 is 18.6 Å². The normalized spacial score (nSPS) is 20.5. The third kappa shape index (κ3) is 5.57. The molecule has 4 aromatic rings. The molecule has 6 heteroatoms. The Balaban J connectivity index is 1.21. The molecule has 1 aliphatic rings. The minimum atomic E-state index is -0.901. The average molecular weight is 487 g/mol. The van der Waals surface area contributed by atoms with E-state index in [1.165, 1.54) is 28.8 Å². The first-order valence-electron chi connectivity index (χ1n) is 12.3. The van der Waals surface area contributed by atoms with Crippen molar-refractivity contribution in [1.82, 2.24) is 9.55 Å². The van der Waals surface area contributed by atoms with Crippen LogP contribution in [-0.2, 0) is 27.4 Å². The van der Waals surface area contributed by atoms with E-state index in [2.05, 4.69) is 60.4 Å². The summed E-state index contributed by atoms with van der Waals surface area (Å²) in [6, 6.07) is 23.5. The lowest BCUT2D eigenvalue weighted by atomic mass is 9.92. The van der Waals surface area contributed by atoms with E-state index in [4.69, 9.17) is 14.2 Å². The van der Waals surface area contributed by atoms with E-state index in [0.717, 1.165) is 11.1 Å². The van der Waals surface area contributed by atoms with Crippen LogP contribution in [0.25, 0.3) is 11.1 Å². The van der Waals surface area contributed by atoms with Gasteiger partial charge in [-0.3, -0.25) is 0 Å². The van der Waals surface area contributed by atoms with Crippen LogP contribution in [0.15, 0.2) is 91.5 Å². The molecule has 0 aliphatic carbocycles. The van der Waals surface area contributed by atoms with Crippen molar-refractivity contribution in [3.05, 3.63) is 114 Å². The Morgan fingerprint density at radius 1 is 1.03 bits per heavy atom. The van der Waals surface area contributed by atoms with Gasteiger partial charge in [0.2, 0.25) is 0 Å². The molecule has 36 heavy (non-hydrogen) atoms. The minimum Gasteiger partial charge on any atom is -0.374 e. The predicted molar refractivity (Wildman–Crippen MR) is 137 cm³/mol. The van der Waals surface area contributed by atoms with E-state index in [1.807, 2.05) is 17.7 Å². The Hall–Kier alpha value is -3.32. The second-order valence-electron chi connectivity index (χ2n) is 9.45. The SMILES string of the molecule is Cc1ccc(-c2ccc(COCC3COC(Cn4ccnc4)(C(C)c4ccc(F)cc4)O3)cc2)cc1. The Morgan fingerprint density at radius 3 is 2.39 bits per heavy atom. The van der Waals surface area contributed by atoms with E-state index in [0.29, 0.717) is 26.4 Å². The number of hydrogen-bond donors (Lipinski definition) is 0. The van der Waals surface area contributed by atoms with Crippen molar-refractivity contribution in [3.8, 4) is 11.1 Å². The molecular formula is C30H31FN2O3. The summed E-state index contributed by atoms with van der Waals surface area (Å²) in [7, 11) is 0. The van der Waals surface area contributed by atoms with Crippen LogP contribution in [0.3, 0.4) is 0 Å². The first-order chi connectivity index (χ1) is 17.5. The summed E-state index contributed by atoms with van der Waals surface area (Å²) in [6.07, 6.45) is 5.16. The summed E-state index contributed by atoms with van der Waals surface area (Å²) in [4.78, 5) is 4.15. The van der Waals surface area contributed by atoms with Gasteiger partial charge in [0.05, 0.1) is 32.7 Å². The molecule has 1 saturated heterocycles. The zero-order valence-corrected chi connectivity index (χ0v) is 20.6. The van der Waals surface area contributed by atoms with Gasteiger partial charge in [0, 0.05) is 18.3 Å². The lowest BCUT2D eigenvalue weighted by molar-refractivity contribution is -0.196. The van der Waals surface area contributed by atoms with E-state index < -0.39 is 5.79 Å². The second-order valence-corrected chi connectivity index (χ2v) is 9.45. The maximum absolute atomic E-state index is 13.5. The van der Waals surface area contributed by atoms with Crippen LogP contribution >= 0.6 is 0 Å². The van der Waals surface area contributed by atoms with Crippen molar-refractivity contribution in [2.45, 2.75) is 44.8 Å². The van der Waals surface area contributed by atoms with Crippen LogP contribution in [0.4, 0.5) is 4.39 Å². The molecule has 1 fully saturated rings. The monoisotopic (exact) mass is 486 g/mol. The van der Waals surface area contributed by atoms with Gasteiger partial charge in [-0.15, -0.1) is 0 Å². The van der Waals surface area contributed by atoms with Crippen LogP contribution in [0.1, 0.15) is 29.5 Å². The van der Waals surface area contributed by atoms with Crippen LogP contribution in [0.5, 0.6) is 0 Å². The van der Waals surface area contributed by atoms with Gasteiger partial charge >= 0.3 is 0 Å². The van der Waals surface area contributed by atoms with Crippen molar-refractivity contribution >= 4 is 0 Å². The lowest BCUT2D eigenvalue weighted by Gasteiger charge is -2.34. The zero-order valence-electron chi connectivity index (χ0n) is 20.6. The average Bonchev–Trinajstić information content (AvgIpc) is 3.56. The fourth-order valence-corrected chi connectivity index (χ4v) is 4.60. The quantitative estimate of drug-likeness (QED) is 0.286. The van der Waals surface area contributed by atoms with Gasteiger partial charge in [0.25, 0.3) is 0 Å². The van der Waals surface area contributed by atoms with Crippen LogP contribution in [0, 0.1) is 12.7 Å². The molecule has 3 aromatic carbocycles. The van der Waals surface area contributed by atoms with Crippen molar-refractivity contribution in [3.63, 3.8) is 0 Å². The van der Waals surface area contributed by atoms with Crippen molar-refractivity contribution in [2.24, 2.45) is 0 Å². The highest BCUT2D eigenvalue weighted by Crippen LogP contribution is 2.39. The molecule has 3 atom stereocenters. The molecule has 1 aromatic heterocycles. The second kappa shape index (κ2) is 10.7. The molecule has 0 saturated carbocycles. The van der Waals surface area contributed by atoms with Gasteiger partial charge in [0.15, 0.2) is 5.79 Å². The van der Waals surface area contributed by atoms with E-state index in [9.17, 15) is 4.39 Å². The van der Waals surface area contributed by atoms with Crippen molar-refractivity contribution in [1.29, 1.82) is 0 Å².